The molecule has 3 rings (SSSR count). The summed E-state index contributed by atoms with van der Waals surface area (Å²) in [4.78, 5) is 34.1. The molecule has 7 heteroatoms. The van der Waals surface area contributed by atoms with E-state index in [1.165, 1.54) is 0 Å². The molecule has 2 amide bonds. The first kappa shape index (κ1) is 18.4. The smallest absolute Gasteiger partial charge is 0.260 e. The molecule has 2 aromatic rings. The summed E-state index contributed by atoms with van der Waals surface area (Å²) in [5.74, 6) is -0.120. The molecule has 0 aliphatic carbocycles. The van der Waals surface area contributed by atoms with Gasteiger partial charge in [-0.3, -0.25) is 9.59 Å². The molecule has 0 bridgehead atoms. The molecule has 0 unspecified atom stereocenters. The van der Waals surface area contributed by atoms with E-state index >= 15 is 0 Å². The lowest BCUT2D eigenvalue weighted by Crippen LogP contribution is -2.57. The molecule has 3 heterocycles. The van der Waals surface area contributed by atoms with Crippen molar-refractivity contribution in [1.82, 2.24) is 24.4 Å². The van der Waals surface area contributed by atoms with Gasteiger partial charge in [0, 0.05) is 31.5 Å². The summed E-state index contributed by atoms with van der Waals surface area (Å²) < 4.78 is 1.72. The number of carbonyl (C=O) groups is 2. The number of piperazine rings is 1. The van der Waals surface area contributed by atoms with Gasteiger partial charge in [0.05, 0.1) is 5.69 Å². The van der Waals surface area contributed by atoms with Gasteiger partial charge in [0.25, 0.3) is 5.91 Å². The van der Waals surface area contributed by atoms with E-state index in [-0.39, 0.29) is 11.8 Å². The topological polar surface area (TPSA) is 70.8 Å². The van der Waals surface area contributed by atoms with E-state index in [1.54, 1.807) is 21.4 Å². The molecule has 0 saturated carbocycles. The highest BCUT2D eigenvalue weighted by atomic mass is 16.2. The number of carbonyl (C=O) groups excluding carboxylic acids is 2. The Kier molecular flexibility index (Phi) is 4.98. The van der Waals surface area contributed by atoms with Crippen LogP contribution in [0.2, 0.25) is 0 Å². The lowest BCUT2D eigenvalue weighted by Gasteiger charge is -2.39. The Morgan fingerprint density at radius 2 is 2.00 bits per heavy atom. The van der Waals surface area contributed by atoms with Crippen molar-refractivity contribution in [1.29, 1.82) is 0 Å². The van der Waals surface area contributed by atoms with Crippen LogP contribution in [0.1, 0.15) is 53.6 Å². The van der Waals surface area contributed by atoms with Gasteiger partial charge in [-0.1, -0.05) is 19.8 Å². The largest absolute Gasteiger partial charge is 0.342 e. The second-order valence-corrected chi connectivity index (χ2v) is 7.15. The van der Waals surface area contributed by atoms with Crippen LogP contribution >= 0.6 is 0 Å². The van der Waals surface area contributed by atoms with Gasteiger partial charge >= 0.3 is 0 Å². The monoisotopic (exact) mass is 357 g/mol. The molecule has 1 saturated heterocycles. The predicted molar refractivity (Wildman–Crippen MR) is 99.2 cm³/mol. The van der Waals surface area contributed by atoms with Crippen molar-refractivity contribution in [2.24, 2.45) is 0 Å². The summed E-state index contributed by atoms with van der Waals surface area (Å²) in [7, 11) is 1.80. The normalized spacial score (nSPS) is 18.0. The van der Waals surface area contributed by atoms with Crippen molar-refractivity contribution in [2.45, 2.75) is 53.0 Å². The minimum absolute atomic E-state index is 0.0208. The van der Waals surface area contributed by atoms with Gasteiger partial charge in [0.2, 0.25) is 5.91 Å². The van der Waals surface area contributed by atoms with Gasteiger partial charge in [-0.15, -0.1) is 0 Å². The van der Waals surface area contributed by atoms with Gasteiger partial charge in [-0.2, -0.15) is 5.10 Å². The maximum atomic E-state index is 13.4. The first-order valence-electron chi connectivity index (χ1n) is 9.24. The molecule has 1 atom stereocenters. The van der Waals surface area contributed by atoms with E-state index in [2.05, 4.69) is 17.0 Å². The van der Waals surface area contributed by atoms with Gasteiger partial charge < -0.3 is 9.80 Å². The average Bonchev–Trinajstić information content (AvgIpc) is 2.92. The third-order valence-corrected chi connectivity index (χ3v) is 5.09. The van der Waals surface area contributed by atoms with Gasteiger partial charge in [0.1, 0.15) is 11.6 Å². The van der Waals surface area contributed by atoms with Crippen molar-refractivity contribution < 1.29 is 9.59 Å². The molecule has 1 aliphatic rings. The van der Waals surface area contributed by atoms with Crippen LogP contribution in [-0.4, -0.2) is 62.4 Å². The first-order chi connectivity index (χ1) is 12.3. The Morgan fingerprint density at radius 1 is 1.27 bits per heavy atom. The summed E-state index contributed by atoms with van der Waals surface area (Å²) in [6, 6.07) is 1.54. The van der Waals surface area contributed by atoms with Crippen LogP contribution < -0.4 is 0 Å². The summed E-state index contributed by atoms with van der Waals surface area (Å²) in [5, 5.41) is 4.50. The van der Waals surface area contributed by atoms with Gasteiger partial charge in [0.15, 0.2) is 5.65 Å². The van der Waals surface area contributed by atoms with Crippen LogP contribution in [0.15, 0.2) is 6.07 Å². The van der Waals surface area contributed by atoms with Crippen LogP contribution in [0.5, 0.6) is 0 Å². The second kappa shape index (κ2) is 7.05. The SMILES string of the molecule is CCCC[C@H]1C(=O)N(C)CCN1C(=O)c1c(C)nn2c(C)cc(C)nc12. The zero-order valence-corrected chi connectivity index (χ0v) is 16.2. The van der Waals surface area contributed by atoms with Crippen LogP contribution in [0.3, 0.4) is 0 Å². The van der Waals surface area contributed by atoms with Crippen molar-refractivity contribution in [3.8, 4) is 0 Å². The lowest BCUT2D eigenvalue weighted by atomic mass is 10.0. The van der Waals surface area contributed by atoms with E-state index in [4.69, 9.17) is 0 Å². The molecule has 140 valence electrons. The molecule has 0 N–H and O–H groups in total. The van der Waals surface area contributed by atoms with Crippen LogP contribution in [-0.2, 0) is 4.79 Å². The number of amides is 2. The summed E-state index contributed by atoms with van der Waals surface area (Å²) in [5.41, 5.74) is 3.52. The Balaban J connectivity index is 2.03. The Labute approximate surface area is 154 Å². The number of aromatic nitrogens is 3. The highest BCUT2D eigenvalue weighted by molar-refractivity contribution is 6.03. The first-order valence-corrected chi connectivity index (χ1v) is 9.24. The molecule has 2 aromatic heterocycles. The molecule has 1 fully saturated rings. The van der Waals surface area contributed by atoms with Crippen LogP contribution in [0, 0.1) is 20.8 Å². The zero-order chi connectivity index (χ0) is 19.0. The van der Waals surface area contributed by atoms with Crippen molar-refractivity contribution in [3.05, 3.63) is 28.7 Å². The maximum Gasteiger partial charge on any atom is 0.260 e. The summed E-state index contributed by atoms with van der Waals surface area (Å²) in [6.45, 7) is 8.87. The fraction of sp³-hybridized carbons (Fsp3) is 0.579. The molecular weight excluding hydrogens is 330 g/mol. The van der Waals surface area contributed by atoms with Gasteiger partial charge in [-0.05, 0) is 33.3 Å². The molecule has 0 radical (unpaired) electrons. The maximum absolute atomic E-state index is 13.4. The summed E-state index contributed by atoms with van der Waals surface area (Å²) >= 11 is 0. The molecule has 26 heavy (non-hydrogen) atoms. The Hall–Kier alpha value is -2.44. The standard InChI is InChI=1S/C19H27N5O2/c1-6-7-8-15-18(25)22(5)9-10-23(15)19(26)16-14(4)21-24-13(3)11-12(2)20-17(16)24/h11,15H,6-10H2,1-5H3/t15-/m0/s1. The number of nitrogens with zero attached hydrogens (tertiary/aromatic N) is 5. The fourth-order valence-corrected chi connectivity index (χ4v) is 3.65. The number of rotatable bonds is 4. The molecule has 1 aliphatic heterocycles. The molecule has 7 nitrogen and oxygen atoms in total. The number of unbranched alkanes of at least 4 members (excludes halogenated alkanes) is 1. The molecule has 0 spiro atoms. The van der Waals surface area contributed by atoms with E-state index < -0.39 is 6.04 Å². The van der Waals surface area contributed by atoms with Crippen LogP contribution in [0.4, 0.5) is 0 Å². The minimum Gasteiger partial charge on any atom is -0.342 e. The van der Waals surface area contributed by atoms with E-state index in [0.717, 1.165) is 24.2 Å². The van der Waals surface area contributed by atoms with Crippen molar-refractivity contribution >= 4 is 17.5 Å². The summed E-state index contributed by atoms with van der Waals surface area (Å²) in [6.07, 6.45) is 2.60. The highest BCUT2D eigenvalue weighted by Gasteiger charge is 2.37. The lowest BCUT2D eigenvalue weighted by molar-refractivity contribution is -0.138. The number of aryl methyl sites for hydroxylation is 3. The third-order valence-electron chi connectivity index (χ3n) is 5.09. The highest BCUT2D eigenvalue weighted by Crippen LogP contribution is 2.23. The Morgan fingerprint density at radius 3 is 2.69 bits per heavy atom. The second-order valence-electron chi connectivity index (χ2n) is 7.15. The van der Waals surface area contributed by atoms with E-state index in [0.29, 0.717) is 36.4 Å². The fourth-order valence-electron chi connectivity index (χ4n) is 3.65. The quantitative estimate of drug-likeness (QED) is 0.840. The van der Waals surface area contributed by atoms with Gasteiger partial charge in [-0.25, -0.2) is 9.50 Å². The molecule has 0 aromatic carbocycles. The minimum atomic E-state index is -0.401. The van der Waals surface area contributed by atoms with Crippen molar-refractivity contribution in [2.75, 3.05) is 20.1 Å². The molecular formula is C19H27N5O2. The van der Waals surface area contributed by atoms with Crippen molar-refractivity contribution in [3.63, 3.8) is 0 Å². The number of hydrogen-bond acceptors (Lipinski definition) is 4. The average molecular weight is 357 g/mol. The van der Waals surface area contributed by atoms with E-state index in [9.17, 15) is 9.59 Å². The third kappa shape index (κ3) is 3.06. The zero-order valence-electron chi connectivity index (χ0n) is 16.2. The van der Waals surface area contributed by atoms with Crippen LogP contribution in [0.25, 0.3) is 5.65 Å². The van der Waals surface area contributed by atoms with E-state index in [1.807, 2.05) is 26.8 Å². The Bertz CT molecular complexity index is 857. The predicted octanol–water partition coefficient (Wildman–Crippen LogP) is 2.13. The number of likely N-dealkylation sites (N-methyl/N-ethyl adjacent to an activating group) is 1. The number of fused-ring (bicyclic) bond motifs is 1. The number of hydrogen-bond donors (Lipinski definition) is 0.